The van der Waals surface area contributed by atoms with Gasteiger partial charge in [0.25, 0.3) is 0 Å². The topological polar surface area (TPSA) is 41.6 Å². The minimum atomic E-state index is 0.0621. The van der Waals surface area contributed by atoms with E-state index in [0.717, 1.165) is 58.0 Å². The van der Waals surface area contributed by atoms with Gasteiger partial charge in [-0.1, -0.05) is 30.3 Å². The first-order valence-electron chi connectivity index (χ1n) is 8.95. The molecule has 2 aliphatic heterocycles. The van der Waals surface area contributed by atoms with Gasteiger partial charge in [0.05, 0.1) is 19.1 Å². The first-order valence-corrected chi connectivity index (χ1v) is 8.95. The highest BCUT2D eigenvalue weighted by molar-refractivity contribution is 5.76. The van der Waals surface area contributed by atoms with Crippen molar-refractivity contribution in [3.63, 3.8) is 0 Å². The summed E-state index contributed by atoms with van der Waals surface area (Å²) < 4.78 is 5.64. The second-order valence-electron chi connectivity index (χ2n) is 6.75. The smallest absolute Gasteiger partial charge is 0.225 e. The number of nitrogens with one attached hydrogen (secondary N) is 1. The molecule has 2 saturated heterocycles. The van der Waals surface area contributed by atoms with Crippen LogP contribution in [0.4, 0.5) is 0 Å². The summed E-state index contributed by atoms with van der Waals surface area (Å²) in [5.41, 5.74) is 1.42. The number of rotatable bonds is 5. The standard InChI is InChI=1S/C19H28N2O2/c22-19(14-18-15-20-10-13-23-18)21-11-8-17(9-12-21)7-6-16-4-2-1-3-5-16/h1-5,17-18,20H,6-15H2/t18-/m0/s1. The molecule has 1 aromatic rings. The SMILES string of the molecule is O=C(C[C@H]1CNCCO1)N1CCC(CCc2ccccc2)CC1. The fraction of sp³-hybridized carbons (Fsp3) is 0.632. The molecule has 4 heteroatoms. The van der Waals surface area contributed by atoms with Crippen molar-refractivity contribution in [2.75, 3.05) is 32.8 Å². The highest BCUT2D eigenvalue weighted by atomic mass is 16.5. The number of benzene rings is 1. The summed E-state index contributed by atoms with van der Waals surface area (Å²) in [5, 5.41) is 3.29. The van der Waals surface area contributed by atoms with E-state index in [2.05, 4.69) is 35.6 Å². The van der Waals surface area contributed by atoms with E-state index >= 15 is 0 Å². The van der Waals surface area contributed by atoms with Gasteiger partial charge < -0.3 is 15.0 Å². The number of nitrogens with zero attached hydrogens (tertiary/aromatic N) is 1. The van der Waals surface area contributed by atoms with Crippen LogP contribution in [0.15, 0.2) is 30.3 Å². The second-order valence-corrected chi connectivity index (χ2v) is 6.75. The maximum Gasteiger partial charge on any atom is 0.225 e. The molecule has 1 amide bonds. The van der Waals surface area contributed by atoms with Crippen LogP contribution in [0.25, 0.3) is 0 Å². The lowest BCUT2D eigenvalue weighted by molar-refractivity contribution is -0.136. The van der Waals surface area contributed by atoms with Crippen LogP contribution < -0.4 is 5.32 Å². The number of carbonyl (C=O) groups excluding carboxylic acids is 1. The van der Waals surface area contributed by atoms with Crippen molar-refractivity contribution in [2.45, 2.75) is 38.2 Å². The number of aryl methyl sites for hydroxylation is 1. The fourth-order valence-corrected chi connectivity index (χ4v) is 3.56. The van der Waals surface area contributed by atoms with Crippen LogP contribution in [0.5, 0.6) is 0 Å². The number of ether oxygens (including phenoxy) is 1. The average molecular weight is 316 g/mol. The van der Waals surface area contributed by atoms with Crippen LogP contribution >= 0.6 is 0 Å². The monoisotopic (exact) mass is 316 g/mol. The minimum Gasteiger partial charge on any atom is -0.375 e. The van der Waals surface area contributed by atoms with Gasteiger partial charge in [-0.2, -0.15) is 0 Å². The van der Waals surface area contributed by atoms with Crippen LogP contribution in [-0.4, -0.2) is 49.7 Å². The van der Waals surface area contributed by atoms with Gasteiger partial charge in [-0.05, 0) is 37.2 Å². The minimum absolute atomic E-state index is 0.0621. The predicted octanol–water partition coefficient (Wildman–Crippen LogP) is 2.24. The molecule has 1 atom stereocenters. The van der Waals surface area contributed by atoms with Gasteiger partial charge >= 0.3 is 0 Å². The molecule has 0 unspecified atom stereocenters. The normalized spacial score (nSPS) is 23.0. The van der Waals surface area contributed by atoms with Crippen LogP contribution in [-0.2, 0) is 16.0 Å². The van der Waals surface area contributed by atoms with Crippen molar-refractivity contribution in [1.29, 1.82) is 0 Å². The molecule has 0 bridgehead atoms. The number of carbonyl (C=O) groups is 1. The molecular weight excluding hydrogens is 288 g/mol. The van der Waals surface area contributed by atoms with Gasteiger partial charge in [0.2, 0.25) is 5.91 Å². The molecule has 2 aliphatic rings. The van der Waals surface area contributed by atoms with Gasteiger partial charge in [0.1, 0.15) is 0 Å². The molecule has 1 aromatic carbocycles. The first-order chi connectivity index (χ1) is 11.3. The molecule has 3 rings (SSSR count). The van der Waals surface area contributed by atoms with Crippen molar-refractivity contribution in [3.8, 4) is 0 Å². The van der Waals surface area contributed by atoms with Crippen LogP contribution in [0.3, 0.4) is 0 Å². The molecule has 23 heavy (non-hydrogen) atoms. The Morgan fingerprint density at radius 2 is 2.00 bits per heavy atom. The third-order valence-electron chi connectivity index (χ3n) is 5.06. The van der Waals surface area contributed by atoms with Crippen molar-refractivity contribution < 1.29 is 9.53 Å². The predicted molar refractivity (Wildman–Crippen MR) is 91.3 cm³/mol. The largest absolute Gasteiger partial charge is 0.375 e. The van der Waals surface area contributed by atoms with Crippen LogP contribution in [0.2, 0.25) is 0 Å². The van der Waals surface area contributed by atoms with E-state index in [-0.39, 0.29) is 12.0 Å². The van der Waals surface area contributed by atoms with Crippen molar-refractivity contribution in [3.05, 3.63) is 35.9 Å². The van der Waals surface area contributed by atoms with E-state index in [0.29, 0.717) is 6.42 Å². The number of hydrogen-bond donors (Lipinski definition) is 1. The molecule has 0 radical (unpaired) electrons. The molecule has 2 fully saturated rings. The van der Waals surface area contributed by atoms with Crippen LogP contribution in [0, 0.1) is 5.92 Å². The van der Waals surface area contributed by atoms with Crippen LogP contribution in [0.1, 0.15) is 31.2 Å². The van der Waals surface area contributed by atoms with E-state index in [1.54, 1.807) is 0 Å². The van der Waals surface area contributed by atoms with E-state index in [4.69, 9.17) is 4.74 Å². The highest BCUT2D eigenvalue weighted by Crippen LogP contribution is 2.23. The Morgan fingerprint density at radius 3 is 2.70 bits per heavy atom. The molecular formula is C19H28N2O2. The van der Waals surface area contributed by atoms with Gasteiger partial charge in [-0.15, -0.1) is 0 Å². The molecule has 1 N–H and O–H groups in total. The van der Waals surface area contributed by atoms with Crippen molar-refractivity contribution in [1.82, 2.24) is 10.2 Å². The Hall–Kier alpha value is -1.39. The zero-order valence-corrected chi connectivity index (χ0v) is 13.9. The van der Waals surface area contributed by atoms with Crippen molar-refractivity contribution in [2.24, 2.45) is 5.92 Å². The Labute approximate surface area is 139 Å². The maximum absolute atomic E-state index is 12.4. The number of morpholine rings is 1. The zero-order chi connectivity index (χ0) is 15.9. The lowest BCUT2D eigenvalue weighted by Crippen LogP contribution is -2.44. The Morgan fingerprint density at radius 1 is 1.22 bits per heavy atom. The average Bonchev–Trinajstić information content (AvgIpc) is 2.62. The summed E-state index contributed by atoms with van der Waals surface area (Å²) in [5.74, 6) is 1.02. The Bertz CT molecular complexity index is 477. The summed E-state index contributed by atoms with van der Waals surface area (Å²) in [7, 11) is 0. The summed E-state index contributed by atoms with van der Waals surface area (Å²) in [6.07, 6.45) is 5.27. The summed E-state index contributed by atoms with van der Waals surface area (Å²) >= 11 is 0. The third-order valence-corrected chi connectivity index (χ3v) is 5.06. The summed E-state index contributed by atoms with van der Waals surface area (Å²) in [6.45, 7) is 4.26. The Balaban J connectivity index is 1.37. The van der Waals surface area contributed by atoms with E-state index in [1.165, 1.54) is 12.0 Å². The quantitative estimate of drug-likeness (QED) is 0.906. The van der Waals surface area contributed by atoms with E-state index in [1.807, 2.05) is 4.90 Å². The van der Waals surface area contributed by atoms with Gasteiger partial charge in [-0.3, -0.25) is 4.79 Å². The fourth-order valence-electron chi connectivity index (χ4n) is 3.56. The lowest BCUT2D eigenvalue weighted by atomic mass is 9.90. The van der Waals surface area contributed by atoms with Gasteiger partial charge in [0, 0.05) is 26.2 Å². The molecule has 2 heterocycles. The number of amides is 1. The number of likely N-dealkylation sites (tertiary alicyclic amines) is 1. The molecule has 0 aromatic heterocycles. The van der Waals surface area contributed by atoms with E-state index in [9.17, 15) is 4.79 Å². The molecule has 4 nitrogen and oxygen atoms in total. The maximum atomic E-state index is 12.4. The van der Waals surface area contributed by atoms with E-state index < -0.39 is 0 Å². The van der Waals surface area contributed by atoms with Gasteiger partial charge in [0.15, 0.2) is 0 Å². The molecule has 126 valence electrons. The Kier molecular flexibility index (Phi) is 6.06. The number of piperidine rings is 1. The second kappa shape index (κ2) is 8.46. The zero-order valence-electron chi connectivity index (χ0n) is 13.9. The lowest BCUT2D eigenvalue weighted by Gasteiger charge is -2.33. The summed E-state index contributed by atoms with van der Waals surface area (Å²) in [6, 6.07) is 10.7. The summed E-state index contributed by atoms with van der Waals surface area (Å²) in [4.78, 5) is 14.4. The van der Waals surface area contributed by atoms with Gasteiger partial charge in [-0.25, -0.2) is 0 Å². The third kappa shape index (κ3) is 5.05. The highest BCUT2D eigenvalue weighted by Gasteiger charge is 2.25. The molecule has 0 spiro atoms. The molecule has 0 aliphatic carbocycles. The number of hydrogen-bond acceptors (Lipinski definition) is 3. The molecule has 0 saturated carbocycles. The first kappa shape index (κ1) is 16.5. The van der Waals surface area contributed by atoms with Crippen molar-refractivity contribution >= 4 is 5.91 Å².